The summed E-state index contributed by atoms with van der Waals surface area (Å²) < 4.78 is 5.40. The van der Waals surface area contributed by atoms with Crippen molar-refractivity contribution in [2.45, 2.75) is 6.42 Å². The van der Waals surface area contributed by atoms with Gasteiger partial charge in [0.05, 0.1) is 18.9 Å². The molecule has 116 valence electrons. The molecule has 2 N–H and O–H groups in total. The van der Waals surface area contributed by atoms with Crippen LogP contribution in [-0.2, 0) is 4.74 Å². The SMILES string of the molecule is CNc1ccc(-c2cc3c(C4=CCOCC4)ncnc3[nH]2)cc1. The van der Waals surface area contributed by atoms with Crippen molar-refractivity contribution in [3.05, 3.63) is 48.4 Å². The first kappa shape index (κ1) is 14.0. The van der Waals surface area contributed by atoms with Crippen LogP contribution in [0, 0.1) is 0 Å². The molecule has 23 heavy (non-hydrogen) atoms. The molecule has 5 heteroatoms. The minimum atomic E-state index is 0.656. The number of benzene rings is 1. The molecule has 0 fully saturated rings. The van der Waals surface area contributed by atoms with E-state index in [0.29, 0.717) is 6.61 Å². The first-order chi connectivity index (χ1) is 11.3. The fourth-order valence-corrected chi connectivity index (χ4v) is 2.91. The van der Waals surface area contributed by atoms with Crippen LogP contribution >= 0.6 is 0 Å². The number of anilines is 1. The van der Waals surface area contributed by atoms with Crippen molar-refractivity contribution in [2.75, 3.05) is 25.6 Å². The molecule has 0 saturated carbocycles. The summed E-state index contributed by atoms with van der Waals surface area (Å²) in [5, 5.41) is 4.20. The predicted octanol–water partition coefficient (Wildman–Crippen LogP) is 3.47. The molecule has 0 bridgehead atoms. The second-order valence-corrected chi connectivity index (χ2v) is 5.55. The molecule has 3 aromatic rings. The van der Waals surface area contributed by atoms with Gasteiger partial charge in [-0.25, -0.2) is 9.97 Å². The summed E-state index contributed by atoms with van der Waals surface area (Å²) in [4.78, 5) is 12.3. The fourth-order valence-electron chi connectivity index (χ4n) is 2.91. The van der Waals surface area contributed by atoms with Gasteiger partial charge in [0.2, 0.25) is 0 Å². The molecule has 0 amide bonds. The number of ether oxygens (including phenoxy) is 1. The number of aromatic nitrogens is 3. The molecule has 0 spiro atoms. The highest BCUT2D eigenvalue weighted by atomic mass is 16.5. The van der Waals surface area contributed by atoms with Crippen LogP contribution in [0.5, 0.6) is 0 Å². The van der Waals surface area contributed by atoms with Crippen LogP contribution in [0.15, 0.2) is 42.7 Å². The summed E-state index contributed by atoms with van der Waals surface area (Å²) in [6.07, 6.45) is 4.63. The van der Waals surface area contributed by atoms with Gasteiger partial charge in [-0.05, 0) is 35.8 Å². The average molecular weight is 306 g/mol. The number of nitrogens with one attached hydrogen (secondary N) is 2. The van der Waals surface area contributed by atoms with Crippen molar-refractivity contribution in [3.63, 3.8) is 0 Å². The van der Waals surface area contributed by atoms with Crippen molar-refractivity contribution in [1.82, 2.24) is 15.0 Å². The maximum Gasteiger partial charge on any atom is 0.141 e. The maximum absolute atomic E-state index is 5.40. The number of fused-ring (bicyclic) bond motifs is 1. The zero-order valence-electron chi connectivity index (χ0n) is 13.0. The van der Waals surface area contributed by atoms with Gasteiger partial charge in [-0.1, -0.05) is 18.2 Å². The first-order valence-electron chi connectivity index (χ1n) is 7.74. The highest BCUT2D eigenvalue weighted by Crippen LogP contribution is 2.30. The second kappa shape index (κ2) is 5.85. The van der Waals surface area contributed by atoms with E-state index < -0.39 is 0 Å². The quantitative estimate of drug-likeness (QED) is 0.778. The lowest BCUT2D eigenvalue weighted by Crippen LogP contribution is -2.05. The summed E-state index contributed by atoms with van der Waals surface area (Å²) in [5.41, 5.74) is 6.39. The number of nitrogens with zero attached hydrogens (tertiary/aromatic N) is 2. The van der Waals surface area contributed by atoms with Crippen LogP contribution in [0.1, 0.15) is 12.1 Å². The first-order valence-corrected chi connectivity index (χ1v) is 7.74. The van der Waals surface area contributed by atoms with E-state index in [0.717, 1.165) is 46.7 Å². The Balaban J connectivity index is 1.79. The van der Waals surface area contributed by atoms with Gasteiger partial charge in [0.15, 0.2) is 0 Å². The third kappa shape index (κ3) is 2.59. The largest absolute Gasteiger partial charge is 0.388 e. The van der Waals surface area contributed by atoms with Crippen LogP contribution in [-0.4, -0.2) is 35.2 Å². The van der Waals surface area contributed by atoms with E-state index in [9.17, 15) is 0 Å². The van der Waals surface area contributed by atoms with Gasteiger partial charge in [0.25, 0.3) is 0 Å². The molecule has 0 aliphatic carbocycles. The molecule has 5 nitrogen and oxygen atoms in total. The number of aromatic amines is 1. The van der Waals surface area contributed by atoms with E-state index in [4.69, 9.17) is 4.74 Å². The highest BCUT2D eigenvalue weighted by Gasteiger charge is 2.14. The van der Waals surface area contributed by atoms with Gasteiger partial charge in [0, 0.05) is 23.8 Å². The van der Waals surface area contributed by atoms with Gasteiger partial charge in [-0.15, -0.1) is 0 Å². The molecule has 1 aromatic carbocycles. The Morgan fingerprint density at radius 1 is 1.17 bits per heavy atom. The lowest BCUT2D eigenvalue weighted by molar-refractivity contribution is 0.161. The topological polar surface area (TPSA) is 62.8 Å². The molecule has 0 radical (unpaired) electrons. The Kier molecular flexibility index (Phi) is 3.55. The molecule has 1 aliphatic rings. The standard InChI is InChI=1S/C18H18N4O/c1-19-14-4-2-12(3-5-14)16-10-15-17(13-6-8-23-9-7-13)20-11-21-18(15)22-16/h2-6,10-11,19H,7-9H2,1H3,(H,20,21,22). The Morgan fingerprint density at radius 2 is 2.04 bits per heavy atom. The lowest BCUT2D eigenvalue weighted by atomic mass is 10.0. The molecule has 4 rings (SSSR count). The third-order valence-corrected chi connectivity index (χ3v) is 4.18. The van der Waals surface area contributed by atoms with Gasteiger partial charge in [-0.2, -0.15) is 0 Å². The van der Waals surface area contributed by atoms with Gasteiger partial charge < -0.3 is 15.0 Å². The van der Waals surface area contributed by atoms with E-state index in [1.54, 1.807) is 6.33 Å². The van der Waals surface area contributed by atoms with Crippen molar-refractivity contribution in [2.24, 2.45) is 0 Å². The Labute approximate surface area is 134 Å². The van der Waals surface area contributed by atoms with Crippen LogP contribution in [0.2, 0.25) is 0 Å². The van der Waals surface area contributed by atoms with Crippen LogP contribution in [0.3, 0.4) is 0 Å². The summed E-state index contributed by atoms with van der Waals surface area (Å²) in [6.45, 7) is 1.41. The van der Waals surface area contributed by atoms with Crippen LogP contribution in [0.25, 0.3) is 27.9 Å². The Morgan fingerprint density at radius 3 is 2.78 bits per heavy atom. The minimum Gasteiger partial charge on any atom is -0.388 e. The normalized spacial score (nSPS) is 14.7. The molecule has 0 atom stereocenters. The number of hydrogen-bond acceptors (Lipinski definition) is 4. The van der Waals surface area contributed by atoms with Crippen molar-refractivity contribution < 1.29 is 4.74 Å². The summed E-state index contributed by atoms with van der Waals surface area (Å²) in [5.74, 6) is 0. The fraction of sp³-hybridized carbons (Fsp3) is 0.222. The Hall–Kier alpha value is -2.66. The van der Waals surface area contributed by atoms with Gasteiger partial charge in [-0.3, -0.25) is 0 Å². The van der Waals surface area contributed by atoms with Gasteiger partial charge >= 0.3 is 0 Å². The summed E-state index contributed by atoms with van der Waals surface area (Å²) in [6, 6.07) is 10.5. The lowest BCUT2D eigenvalue weighted by Gasteiger charge is -2.13. The zero-order chi connectivity index (χ0) is 15.6. The maximum atomic E-state index is 5.40. The molecule has 2 aromatic heterocycles. The summed E-state index contributed by atoms with van der Waals surface area (Å²) in [7, 11) is 1.92. The summed E-state index contributed by atoms with van der Waals surface area (Å²) >= 11 is 0. The number of rotatable bonds is 3. The second-order valence-electron chi connectivity index (χ2n) is 5.55. The van der Waals surface area contributed by atoms with Crippen molar-refractivity contribution >= 4 is 22.3 Å². The zero-order valence-corrected chi connectivity index (χ0v) is 13.0. The van der Waals surface area contributed by atoms with E-state index in [1.807, 2.05) is 7.05 Å². The van der Waals surface area contributed by atoms with Crippen LogP contribution in [0.4, 0.5) is 5.69 Å². The molecule has 3 heterocycles. The minimum absolute atomic E-state index is 0.656. The van der Waals surface area contributed by atoms with E-state index in [2.05, 4.69) is 56.7 Å². The number of H-pyrrole nitrogens is 1. The molecular weight excluding hydrogens is 288 g/mol. The molecule has 0 unspecified atom stereocenters. The highest BCUT2D eigenvalue weighted by molar-refractivity contribution is 5.92. The predicted molar refractivity (Wildman–Crippen MR) is 92.3 cm³/mol. The van der Waals surface area contributed by atoms with E-state index >= 15 is 0 Å². The average Bonchev–Trinajstić information content (AvgIpc) is 3.06. The van der Waals surface area contributed by atoms with E-state index in [-0.39, 0.29) is 0 Å². The van der Waals surface area contributed by atoms with Crippen molar-refractivity contribution in [3.8, 4) is 11.3 Å². The monoisotopic (exact) mass is 306 g/mol. The molecular formula is C18H18N4O. The third-order valence-electron chi connectivity index (χ3n) is 4.18. The smallest absolute Gasteiger partial charge is 0.141 e. The van der Waals surface area contributed by atoms with Crippen LogP contribution < -0.4 is 5.32 Å². The number of hydrogen-bond donors (Lipinski definition) is 2. The van der Waals surface area contributed by atoms with Gasteiger partial charge in [0.1, 0.15) is 12.0 Å². The van der Waals surface area contributed by atoms with Crippen molar-refractivity contribution in [1.29, 1.82) is 0 Å². The Bertz CT molecular complexity index is 864. The van der Waals surface area contributed by atoms with E-state index in [1.165, 1.54) is 5.57 Å². The molecule has 1 aliphatic heterocycles. The molecule has 0 saturated heterocycles.